The average Bonchev–Trinajstić information content (AvgIpc) is 3.66. The lowest BCUT2D eigenvalue weighted by Gasteiger charge is -2.37. The Hall–Kier alpha value is -3.37. The molecule has 0 radical (unpaired) electrons. The van der Waals surface area contributed by atoms with E-state index in [9.17, 15) is 9.18 Å². The molecule has 4 heterocycles. The SMILES string of the molecule is CC1(C(=O)NC2CCCCC2)COC(c2nc(-c3ccc(F)cc3)c(-c3ccnc(N4CCCC4)n3)[nH]2)OC1. The molecule has 0 atom stereocenters. The van der Waals surface area contributed by atoms with Crippen LogP contribution in [0.15, 0.2) is 36.5 Å². The Labute approximate surface area is 227 Å². The third-order valence-electron chi connectivity index (χ3n) is 7.95. The van der Waals surface area contributed by atoms with Gasteiger partial charge in [0.1, 0.15) is 5.82 Å². The highest BCUT2D eigenvalue weighted by atomic mass is 19.1. The van der Waals surface area contributed by atoms with E-state index in [0.29, 0.717) is 28.9 Å². The fourth-order valence-corrected chi connectivity index (χ4v) is 5.57. The van der Waals surface area contributed by atoms with Gasteiger partial charge in [0.2, 0.25) is 18.1 Å². The Kier molecular flexibility index (Phi) is 7.31. The highest BCUT2D eigenvalue weighted by Crippen LogP contribution is 2.36. The van der Waals surface area contributed by atoms with Gasteiger partial charge in [-0.1, -0.05) is 19.3 Å². The number of aromatic amines is 1. The van der Waals surface area contributed by atoms with Gasteiger partial charge in [-0.25, -0.2) is 19.3 Å². The molecule has 1 saturated carbocycles. The molecular weight excluding hydrogens is 499 g/mol. The number of anilines is 1. The van der Waals surface area contributed by atoms with Gasteiger partial charge in [0, 0.05) is 30.9 Å². The Morgan fingerprint density at radius 3 is 2.46 bits per heavy atom. The quantitative estimate of drug-likeness (QED) is 0.469. The zero-order valence-electron chi connectivity index (χ0n) is 22.3. The van der Waals surface area contributed by atoms with Crippen molar-refractivity contribution in [3.63, 3.8) is 0 Å². The first-order chi connectivity index (χ1) is 19.0. The number of nitrogens with zero attached hydrogens (tertiary/aromatic N) is 4. The van der Waals surface area contributed by atoms with E-state index in [1.807, 2.05) is 13.0 Å². The normalized spacial score (nSPS) is 24.2. The molecule has 9 nitrogen and oxygen atoms in total. The molecule has 0 spiro atoms. The highest BCUT2D eigenvalue weighted by molar-refractivity contribution is 5.83. The molecule has 0 unspecified atom stereocenters. The first-order valence-electron chi connectivity index (χ1n) is 14.0. The molecule has 39 heavy (non-hydrogen) atoms. The predicted octanol–water partition coefficient (Wildman–Crippen LogP) is 4.77. The molecule has 206 valence electrons. The maximum Gasteiger partial charge on any atom is 0.230 e. The van der Waals surface area contributed by atoms with Crippen LogP contribution in [0.25, 0.3) is 22.6 Å². The summed E-state index contributed by atoms with van der Waals surface area (Å²) in [5.41, 5.74) is 1.93. The predicted molar refractivity (Wildman–Crippen MR) is 144 cm³/mol. The molecule has 2 N–H and O–H groups in total. The summed E-state index contributed by atoms with van der Waals surface area (Å²) in [6, 6.07) is 8.26. The maximum atomic E-state index is 13.7. The van der Waals surface area contributed by atoms with Crippen molar-refractivity contribution in [3.05, 3.63) is 48.2 Å². The van der Waals surface area contributed by atoms with Crippen molar-refractivity contribution < 1.29 is 18.7 Å². The fraction of sp³-hybridized carbons (Fsp3) is 0.517. The molecule has 2 aliphatic heterocycles. The lowest BCUT2D eigenvalue weighted by molar-refractivity contribution is -0.231. The van der Waals surface area contributed by atoms with Gasteiger partial charge in [-0.2, -0.15) is 0 Å². The van der Waals surface area contributed by atoms with Gasteiger partial charge in [-0.05, 0) is 62.9 Å². The largest absolute Gasteiger partial charge is 0.353 e. The molecule has 10 heteroatoms. The minimum Gasteiger partial charge on any atom is -0.353 e. The molecule has 3 aliphatic rings. The van der Waals surface area contributed by atoms with Crippen molar-refractivity contribution in [1.82, 2.24) is 25.3 Å². The summed E-state index contributed by atoms with van der Waals surface area (Å²) in [5.74, 6) is 0.797. The molecular formula is C29H35FN6O3. The van der Waals surface area contributed by atoms with E-state index >= 15 is 0 Å². The van der Waals surface area contributed by atoms with Crippen LogP contribution in [0.3, 0.4) is 0 Å². The third kappa shape index (κ3) is 5.53. The minimum atomic E-state index is -0.777. The van der Waals surface area contributed by atoms with Crippen LogP contribution >= 0.6 is 0 Å². The van der Waals surface area contributed by atoms with Crippen molar-refractivity contribution in [3.8, 4) is 22.6 Å². The summed E-state index contributed by atoms with van der Waals surface area (Å²) >= 11 is 0. The number of hydrogen-bond acceptors (Lipinski definition) is 7. The fourth-order valence-electron chi connectivity index (χ4n) is 5.57. The molecule has 1 aliphatic carbocycles. The number of carbonyl (C=O) groups excluding carboxylic acids is 1. The number of halogens is 1. The second-order valence-corrected chi connectivity index (χ2v) is 11.1. The smallest absolute Gasteiger partial charge is 0.230 e. The van der Waals surface area contributed by atoms with Crippen LogP contribution < -0.4 is 10.2 Å². The van der Waals surface area contributed by atoms with Crippen LogP contribution in [0, 0.1) is 11.2 Å². The second kappa shape index (κ2) is 11.0. The van der Waals surface area contributed by atoms with Gasteiger partial charge in [0.25, 0.3) is 0 Å². The first kappa shape index (κ1) is 25.9. The lowest BCUT2D eigenvalue weighted by Crippen LogP contribution is -2.51. The van der Waals surface area contributed by atoms with Crippen molar-refractivity contribution in [1.29, 1.82) is 0 Å². The van der Waals surface area contributed by atoms with Crippen LogP contribution in [0.1, 0.15) is 64.0 Å². The number of hydrogen-bond donors (Lipinski definition) is 2. The maximum absolute atomic E-state index is 13.7. The number of benzene rings is 1. The van der Waals surface area contributed by atoms with E-state index in [2.05, 4.69) is 20.2 Å². The monoisotopic (exact) mass is 534 g/mol. The van der Waals surface area contributed by atoms with Gasteiger partial charge in [0.05, 0.1) is 35.7 Å². The van der Waals surface area contributed by atoms with E-state index in [-0.39, 0.29) is 31.0 Å². The third-order valence-corrected chi connectivity index (χ3v) is 7.95. The molecule has 3 fully saturated rings. The number of carbonyl (C=O) groups is 1. The van der Waals surface area contributed by atoms with Crippen LogP contribution in [0.2, 0.25) is 0 Å². The zero-order valence-corrected chi connectivity index (χ0v) is 22.3. The van der Waals surface area contributed by atoms with E-state index in [4.69, 9.17) is 19.4 Å². The summed E-state index contributed by atoms with van der Waals surface area (Å²) < 4.78 is 25.9. The first-order valence-corrected chi connectivity index (χ1v) is 14.0. The van der Waals surface area contributed by atoms with Crippen LogP contribution in [-0.4, -0.2) is 58.2 Å². The molecule has 0 bridgehead atoms. The number of H-pyrrole nitrogens is 1. The van der Waals surface area contributed by atoms with Crippen molar-refractivity contribution in [2.45, 2.75) is 64.2 Å². The number of ether oxygens (including phenoxy) is 2. The summed E-state index contributed by atoms with van der Waals surface area (Å²) in [6.45, 7) is 4.16. The van der Waals surface area contributed by atoms with Crippen LogP contribution in [0.5, 0.6) is 0 Å². The minimum absolute atomic E-state index is 0.0320. The molecule has 6 rings (SSSR count). The molecule has 1 amide bonds. The van der Waals surface area contributed by atoms with Gasteiger partial charge in [-0.3, -0.25) is 4.79 Å². The Balaban J connectivity index is 1.24. The average molecular weight is 535 g/mol. The Bertz CT molecular complexity index is 1290. The topological polar surface area (TPSA) is 105 Å². The summed E-state index contributed by atoms with van der Waals surface area (Å²) in [6.07, 6.45) is 8.80. The molecule has 2 aromatic heterocycles. The summed E-state index contributed by atoms with van der Waals surface area (Å²) in [5, 5.41) is 3.20. The standard InChI is InChI=1S/C29H35FN6O3/c1-29(27(37)32-21-7-3-2-4-8-21)17-38-26(39-18-29)25-34-23(19-9-11-20(30)12-10-19)24(35-25)22-13-14-31-28(33-22)36-15-5-6-16-36/h9-14,21,26H,2-8,15-18H2,1H3,(H,32,37)(H,34,35). The van der Waals surface area contributed by atoms with Crippen molar-refractivity contribution in [2.24, 2.45) is 5.41 Å². The number of aromatic nitrogens is 4. The molecule has 1 aromatic carbocycles. The second-order valence-electron chi connectivity index (χ2n) is 11.1. The van der Waals surface area contributed by atoms with E-state index in [1.165, 1.54) is 18.6 Å². The Morgan fingerprint density at radius 2 is 1.74 bits per heavy atom. The molecule has 3 aromatic rings. The number of nitrogens with one attached hydrogen (secondary N) is 2. The van der Waals surface area contributed by atoms with Gasteiger partial charge < -0.3 is 24.7 Å². The number of imidazole rings is 1. The lowest BCUT2D eigenvalue weighted by atomic mass is 9.89. The highest BCUT2D eigenvalue weighted by Gasteiger charge is 2.41. The number of amides is 1. The van der Waals surface area contributed by atoms with Crippen molar-refractivity contribution >= 4 is 11.9 Å². The molecule has 2 saturated heterocycles. The van der Waals surface area contributed by atoms with E-state index in [1.54, 1.807) is 18.3 Å². The van der Waals surface area contributed by atoms with E-state index < -0.39 is 11.7 Å². The van der Waals surface area contributed by atoms with Gasteiger partial charge in [-0.15, -0.1) is 0 Å². The van der Waals surface area contributed by atoms with E-state index in [0.717, 1.165) is 57.2 Å². The zero-order chi connectivity index (χ0) is 26.8. The number of rotatable bonds is 6. The van der Waals surface area contributed by atoms with Gasteiger partial charge in [0.15, 0.2) is 5.82 Å². The Morgan fingerprint density at radius 1 is 1.03 bits per heavy atom. The van der Waals surface area contributed by atoms with Crippen LogP contribution in [-0.2, 0) is 14.3 Å². The summed E-state index contributed by atoms with van der Waals surface area (Å²) in [4.78, 5) is 32.7. The van der Waals surface area contributed by atoms with Crippen molar-refractivity contribution in [2.75, 3.05) is 31.2 Å². The van der Waals surface area contributed by atoms with Crippen LogP contribution in [0.4, 0.5) is 10.3 Å². The summed E-state index contributed by atoms with van der Waals surface area (Å²) in [7, 11) is 0. The van der Waals surface area contributed by atoms with Gasteiger partial charge >= 0.3 is 0 Å².